The van der Waals surface area contributed by atoms with Crippen molar-refractivity contribution in [3.05, 3.63) is 23.8 Å². The van der Waals surface area contributed by atoms with Crippen LogP contribution in [0.5, 0.6) is 11.5 Å². The normalized spacial score (nSPS) is 15.1. The Balaban J connectivity index is 1.98. The quantitative estimate of drug-likeness (QED) is 0.601. The molecule has 0 spiro atoms. The number of hydrogen-bond donors (Lipinski definition) is 1. The standard InChI is InChI=1S/C11H14O5/c1-13-6-14-5-9(12)8-2-3-10-11(4-8)16-7-15-10/h2-4,9,12H,5-7H2,1H3. The average molecular weight is 226 g/mol. The van der Waals surface area contributed by atoms with Crippen LogP contribution < -0.4 is 9.47 Å². The summed E-state index contributed by atoms with van der Waals surface area (Å²) in [5, 5.41) is 9.80. The van der Waals surface area contributed by atoms with Crippen LogP contribution in [0.15, 0.2) is 18.2 Å². The maximum Gasteiger partial charge on any atom is 0.231 e. The summed E-state index contributed by atoms with van der Waals surface area (Å²) >= 11 is 0. The van der Waals surface area contributed by atoms with Crippen molar-refractivity contribution < 1.29 is 24.1 Å². The van der Waals surface area contributed by atoms with Crippen molar-refractivity contribution in [1.82, 2.24) is 0 Å². The molecule has 1 N–H and O–H groups in total. The molecule has 0 aliphatic carbocycles. The Morgan fingerprint density at radius 2 is 2.19 bits per heavy atom. The van der Waals surface area contributed by atoms with Crippen molar-refractivity contribution in [2.24, 2.45) is 0 Å². The van der Waals surface area contributed by atoms with E-state index >= 15 is 0 Å². The van der Waals surface area contributed by atoms with Crippen molar-refractivity contribution in [2.45, 2.75) is 6.10 Å². The Morgan fingerprint density at radius 3 is 3.00 bits per heavy atom. The number of hydrogen-bond acceptors (Lipinski definition) is 5. The molecule has 5 nitrogen and oxygen atoms in total. The largest absolute Gasteiger partial charge is 0.454 e. The van der Waals surface area contributed by atoms with E-state index in [0.717, 1.165) is 5.56 Å². The Bertz CT molecular complexity index is 352. The minimum atomic E-state index is -0.690. The summed E-state index contributed by atoms with van der Waals surface area (Å²) in [7, 11) is 1.53. The lowest BCUT2D eigenvalue weighted by atomic mass is 10.1. The molecule has 0 saturated carbocycles. The lowest BCUT2D eigenvalue weighted by Crippen LogP contribution is -2.08. The first-order chi connectivity index (χ1) is 7.81. The van der Waals surface area contributed by atoms with Crippen molar-refractivity contribution in [3.8, 4) is 11.5 Å². The van der Waals surface area contributed by atoms with E-state index in [2.05, 4.69) is 0 Å². The molecule has 0 aromatic heterocycles. The van der Waals surface area contributed by atoms with Gasteiger partial charge in [0.25, 0.3) is 0 Å². The van der Waals surface area contributed by atoms with Gasteiger partial charge in [0.2, 0.25) is 6.79 Å². The van der Waals surface area contributed by atoms with E-state index in [4.69, 9.17) is 18.9 Å². The molecule has 1 unspecified atom stereocenters. The molecule has 1 aliphatic heterocycles. The second-order valence-electron chi connectivity index (χ2n) is 3.41. The van der Waals surface area contributed by atoms with E-state index in [1.54, 1.807) is 18.2 Å². The molecule has 0 amide bonds. The minimum Gasteiger partial charge on any atom is -0.454 e. The summed E-state index contributed by atoms with van der Waals surface area (Å²) < 4.78 is 20.2. The average Bonchev–Trinajstić information content (AvgIpc) is 2.76. The molecule has 16 heavy (non-hydrogen) atoms. The van der Waals surface area contributed by atoms with Gasteiger partial charge in [-0.1, -0.05) is 6.07 Å². The Morgan fingerprint density at radius 1 is 1.38 bits per heavy atom. The van der Waals surface area contributed by atoms with Crippen LogP contribution >= 0.6 is 0 Å². The van der Waals surface area contributed by atoms with Crippen LogP contribution in [0.1, 0.15) is 11.7 Å². The number of fused-ring (bicyclic) bond motifs is 1. The molecule has 0 bridgehead atoms. The van der Waals surface area contributed by atoms with Gasteiger partial charge < -0.3 is 24.1 Å². The predicted molar refractivity (Wildman–Crippen MR) is 55.4 cm³/mol. The summed E-state index contributed by atoms with van der Waals surface area (Å²) in [5.41, 5.74) is 0.736. The third-order valence-electron chi connectivity index (χ3n) is 2.26. The fraction of sp³-hybridized carbons (Fsp3) is 0.455. The van der Waals surface area contributed by atoms with Crippen LogP contribution in [0.25, 0.3) is 0 Å². The smallest absolute Gasteiger partial charge is 0.231 e. The predicted octanol–water partition coefficient (Wildman–Crippen LogP) is 1.07. The Kier molecular flexibility index (Phi) is 3.61. The molecule has 0 saturated heterocycles. The molecule has 1 atom stereocenters. The van der Waals surface area contributed by atoms with Crippen LogP contribution in [0, 0.1) is 0 Å². The van der Waals surface area contributed by atoms with Crippen molar-refractivity contribution >= 4 is 0 Å². The maximum absolute atomic E-state index is 9.80. The number of methoxy groups -OCH3 is 1. The van der Waals surface area contributed by atoms with Gasteiger partial charge in [-0.15, -0.1) is 0 Å². The summed E-state index contributed by atoms with van der Waals surface area (Å²) in [6.07, 6.45) is -0.690. The van der Waals surface area contributed by atoms with Gasteiger partial charge >= 0.3 is 0 Å². The molecule has 1 aromatic carbocycles. The summed E-state index contributed by atoms with van der Waals surface area (Å²) in [6, 6.07) is 5.31. The van der Waals surface area contributed by atoms with E-state index < -0.39 is 6.10 Å². The molecule has 1 aliphatic rings. The molecule has 1 heterocycles. The number of aliphatic hydroxyl groups is 1. The lowest BCUT2D eigenvalue weighted by Gasteiger charge is -2.11. The highest BCUT2D eigenvalue weighted by molar-refractivity contribution is 5.45. The zero-order valence-electron chi connectivity index (χ0n) is 9.01. The number of benzene rings is 1. The zero-order chi connectivity index (χ0) is 11.4. The highest BCUT2D eigenvalue weighted by Gasteiger charge is 2.16. The molecular weight excluding hydrogens is 212 g/mol. The lowest BCUT2D eigenvalue weighted by molar-refractivity contribution is -0.0621. The SMILES string of the molecule is COCOCC(O)c1ccc2c(c1)OCO2. The van der Waals surface area contributed by atoms with E-state index in [0.29, 0.717) is 11.5 Å². The monoisotopic (exact) mass is 226 g/mol. The molecule has 0 fully saturated rings. The molecule has 2 rings (SSSR count). The zero-order valence-corrected chi connectivity index (χ0v) is 9.01. The fourth-order valence-electron chi connectivity index (χ4n) is 1.46. The highest BCUT2D eigenvalue weighted by Crippen LogP contribution is 2.34. The topological polar surface area (TPSA) is 57.2 Å². The van der Waals surface area contributed by atoms with Crippen molar-refractivity contribution in [2.75, 3.05) is 27.3 Å². The minimum absolute atomic E-state index is 0.168. The maximum atomic E-state index is 9.80. The summed E-state index contributed by atoms with van der Waals surface area (Å²) in [4.78, 5) is 0. The summed E-state index contributed by atoms with van der Waals surface area (Å²) in [6.45, 7) is 0.587. The van der Waals surface area contributed by atoms with Gasteiger partial charge in [0.1, 0.15) is 12.9 Å². The van der Waals surface area contributed by atoms with Gasteiger partial charge in [0.15, 0.2) is 11.5 Å². The van der Waals surface area contributed by atoms with E-state index in [9.17, 15) is 5.11 Å². The molecule has 0 radical (unpaired) electrons. The Labute approximate surface area is 93.5 Å². The number of aliphatic hydroxyl groups excluding tert-OH is 1. The van der Waals surface area contributed by atoms with Crippen LogP contribution in [-0.4, -0.2) is 32.4 Å². The van der Waals surface area contributed by atoms with Crippen LogP contribution in [0.4, 0.5) is 0 Å². The second kappa shape index (κ2) is 5.16. The number of rotatable bonds is 5. The Hall–Kier alpha value is -1.30. The summed E-state index contributed by atoms with van der Waals surface area (Å²) in [5.74, 6) is 1.36. The third kappa shape index (κ3) is 2.44. The van der Waals surface area contributed by atoms with Gasteiger partial charge in [-0.25, -0.2) is 0 Å². The van der Waals surface area contributed by atoms with Crippen LogP contribution in [0.3, 0.4) is 0 Å². The van der Waals surface area contributed by atoms with Gasteiger partial charge in [0.05, 0.1) is 6.61 Å². The van der Waals surface area contributed by atoms with E-state index in [1.807, 2.05) is 0 Å². The number of ether oxygens (including phenoxy) is 4. The third-order valence-corrected chi connectivity index (χ3v) is 2.26. The first-order valence-corrected chi connectivity index (χ1v) is 4.95. The van der Waals surface area contributed by atoms with E-state index in [1.165, 1.54) is 7.11 Å². The molecule has 1 aromatic rings. The fourth-order valence-corrected chi connectivity index (χ4v) is 1.46. The van der Waals surface area contributed by atoms with Gasteiger partial charge in [-0.2, -0.15) is 0 Å². The van der Waals surface area contributed by atoms with Crippen molar-refractivity contribution in [3.63, 3.8) is 0 Å². The van der Waals surface area contributed by atoms with E-state index in [-0.39, 0.29) is 20.2 Å². The first kappa shape index (κ1) is 11.2. The first-order valence-electron chi connectivity index (χ1n) is 4.95. The van der Waals surface area contributed by atoms with Crippen molar-refractivity contribution in [1.29, 1.82) is 0 Å². The van der Waals surface area contributed by atoms with Gasteiger partial charge in [0, 0.05) is 7.11 Å². The van der Waals surface area contributed by atoms with Crippen LogP contribution in [-0.2, 0) is 9.47 Å². The molecule has 5 heteroatoms. The highest BCUT2D eigenvalue weighted by atomic mass is 16.7. The van der Waals surface area contributed by atoms with Gasteiger partial charge in [-0.05, 0) is 17.7 Å². The second-order valence-corrected chi connectivity index (χ2v) is 3.41. The van der Waals surface area contributed by atoms with Gasteiger partial charge in [-0.3, -0.25) is 0 Å². The van der Waals surface area contributed by atoms with Crippen LogP contribution in [0.2, 0.25) is 0 Å². The molecule has 88 valence electrons. The molecular formula is C11H14O5.